The van der Waals surface area contributed by atoms with Gasteiger partial charge in [-0.1, -0.05) is 24.3 Å². The van der Waals surface area contributed by atoms with Crippen LogP contribution in [-0.4, -0.2) is 22.9 Å². The topological polar surface area (TPSA) is 66.8 Å². The van der Waals surface area contributed by atoms with E-state index in [1.54, 1.807) is 24.3 Å². The number of hydrogen-bond donors (Lipinski definition) is 2. The third kappa shape index (κ3) is 2.68. The van der Waals surface area contributed by atoms with E-state index in [-0.39, 0.29) is 17.8 Å². The molecule has 1 aliphatic heterocycles. The maximum Gasteiger partial charge on any atom is 0.488 e. The van der Waals surface area contributed by atoms with E-state index in [4.69, 9.17) is 14.8 Å². The summed E-state index contributed by atoms with van der Waals surface area (Å²) >= 11 is 0. The molecule has 1 unspecified atom stereocenters. The van der Waals surface area contributed by atoms with Gasteiger partial charge in [0, 0.05) is 0 Å². The van der Waals surface area contributed by atoms with Crippen LogP contribution in [0, 0.1) is 5.82 Å². The van der Waals surface area contributed by atoms with Crippen LogP contribution in [0.4, 0.5) is 4.39 Å². The standard InChI is InChI=1S/C15H12BFO4/c17-11-5-6-14-12(7-11)13(18)8-15(21-14)9-1-3-10(4-2-9)16(19)20/h1-7,15,19-20H,8H2. The average molecular weight is 286 g/mol. The molecule has 0 amide bonds. The van der Waals surface area contributed by atoms with E-state index in [1.807, 2.05) is 0 Å². The number of ether oxygens (including phenoxy) is 1. The SMILES string of the molecule is O=C1CC(c2ccc(B(O)O)cc2)Oc2ccc(F)cc21. The van der Waals surface area contributed by atoms with Crippen molar-refractivity contribution in [1.29, 1.82) is 0 Å². The fraction of sp³-hybridized carbons (Fsp3) is 0.133. The number of carbonyl (C=O) groups is 1. The summed E-state index contributed by atoms with van der Waals surface area (Å²) in [5.41, 5.74) is 1.37. The summed E-state index contributed by atoms with van der Waals surface area (Å²) in [7, 11) is -1.53. The summed E-state index contributed by atoms with van der Waals surface area (Å²) in [5.74, 6) is -0.277. The Bertz CT molecular complexity index is 685. The number of benzene rings is 2. The summed E-state index contributed by atoms with van der Waals surface area (Å²) < 4.78 is 18.9. The van der Waals surface area contributed by atoms with Gasteiger partial charge in [-0.15, -0.1) is 0 Å². The normalized spacial score (nSPS) is 17.1. The van der Waals surface area contributed by atoms with Crippen LogP contribution in [0.25, 0.3) is 0 Å². The van der Waals surface area contributed by atoms with Crippen LogP contribution in [-0.2, 0) is 0 Å². The van der Waals surface area contributed by atoms with Crippen LogP contribution in [0.3, 0.4) is 0 Å². The number of Topliss-reactive ketones (excluding diaryl/α,β-unsaturated/α-hetero) is 1. The number of rotatable bonds is 2. The number of hydrogen-bond acceptors (Lipinski definition) is 4. The molecule has 0 saturated carbocycles. The monoisotopic (exact) mass is 286 g/mol. The zero-order valence-corrected chi connectivity index (χ0v) is 11.0. The zero-order valence-electron chi connectivity index (χ0n) is 11.0. The van der Waals surface area contributed by atoms with Crippen LogP contribution in [0.2, 0.25) is 0 Å². The highest BCUT2D eigenvalue weighted by atomic mass is 19.1. The Balaban J connectivity index is 1.88. The molecule has 0 aromatic heterocycles. The first kappa shape index (κ1) is 13.8. The van der Waals surface area contributed by atoms with Gasteiger partial charge in [0.25, 0.3) is 0 Å². The Morgan fingerprint density at radius 2 is 1.86 bits per heavy atom. The highest BCUT2D eigenvalue weighted by Crippen LogP contribution is 2.34. The van der Waals surface area contributed by atoms with E-state index in [0.717, 1.165) is 5.56 Å². The maximum absolute atomic E-state index is 13.2. The highest BCUT2D eigenvalue weighted by Gasteiger charge is 2.28. The number of carbonyl (C=O) groups excluding carboxylic acids is 1. The van der Waals surface area contributed by atoms with Gasteiger partial charge in [-0.2, -0.15) is 0 Å². The average Bonchev–Trinajstić information content (AvgIpc) is 2.48. The second-order valence-corrected chi connectivity index (χ2v) is 4.91. The quantitative estimate of drug-likeness (QED) is 0.814. The lowest BCUT2D eigenvalue weighted by Crippen LogP contribution is -2.30. The minimum atomic E-state index is -1.53. The molecule has 3 rings (SSSR count). The Morgan fingerprint density at radius 1 is 1.14 bits per heavy atom. The maximum atomic E-state index is 13.2. The van der Waals surface area contributed by atoms with Crippen LogP contribution in [0.5, 0.6) is 5.75 Å². The third-order valence-corrected chi connectivity index (χ3v) is 3.49. The van der Waals surface area contributed by atoms with Crippen LogP contribution < -0.4 is 10.2 Å². The highest BCUT2D eigenvalue weighted by molar-refractivity contribution is 6.58. The molecule has 6 heteroatoms. The van der Waals surface area contributed by atoms with Crippen molar-refractivity contribution in [2.24, 2.45) is 0 Å². The zero-order chi connectivity index (χ0) is 15.0. The van der Waals surface area contributed by atoms with Gasteiger partial charge >= 0.3 is 7.12 Å². The third-order valence-electron chi connectivity index (χ3n) is 3.49. The molecule has 1 atom stereocenters. The van der Waals surface area contributed by atoms with Crippen molar-refractivity contribution in [3.63, 3.8) is 0 Å². The van der Waals surface area contributed by atoms with Crippen molar-refractivity contribution in [2.75, 3.05) is 0 Å². The van der Waals surface area contributed by atoms with Crippen molar-refractivity contribution in [3.8, 4) is 5.75 Å². The van der Waals surface area contributed by atoms with Crippen molar-refractivity contribution < 1.29 is 24.0 Å². The molecule has 0 bridgehead atoms. The van der Waals surface area contributed by atoms with Crippen molar-refractivity contribution >= 4 is 18.4 Å². The van der Waals surface area contributed by atoms with Gasteiger partial charge in [-0.3, -0.25) is 4.79 Å². The first-order chi connectivity index (χ1) is 10.0. The molecule has 0 spiro atoms. The molecule has 2 aromatic rings. The fourth-order valence-electron chi connectivity index (χ4n) is 2.36. The second-order valence-electron chi connectivity index (χ2n) is 4.91. The number of ketones is 1. The molecule has 2 N–H and O–H groups in total. The van der Waals surface area contributed by atoms with Crippen LogP contribution >= 0.6 is 0 Å². The summed E-state index contributed by atoms with van der Waals surface area (Å²) in [4.78, 5) is 12.1. The summed E-state index contributed by atoms with van der Waals surface area (Å²) in [6, 6.07) is 10.4. The molecule has 0 saturated heterocycles. The largest absolute Gasteiger partial charge is 0.488 e. The molecule has 0 fully saturated rings. The number of fused-ring (bicyclic) bond motifs is 1. The van der Waals surface area contributed by atoms with Gasteiger partial charge in [0.2, 0.25) is 0 Å². The van der Waals surface area contributed by atoms with E-state index in [2.05, 4.69) is 0 Å². The predicted molar refractivity (Wildman–Crippen MR) is 75.0 cm³/mol. The first-order valence-electron chi connectivity index (χ1n) is 6.50. The molecule has 1 heterocycles. The van der Waals surface area contributed by atoms with E-state index < -0.39 is 19.0 Å². The van der Waals surface area contributed by atoms with Gasteiger partial charge in [0.15, 0.2) is 5.78 Å². The van der Waals surface area contributed by atoms with Crippen molar-refractivity contribution in [2.45, 2.75) is 12.5 Å². The van der Waals surface area contributed by atoms with E-state index in [9.17, 15) is 9.18 Å². The molecule has 0 radical (unpaired) electrons. The van der Waals surface area contributed by atoms with Gasteiger partial charge in [-0.25, -0.2) is 4.39 Å². The van der Waals surface area contributed by atoms with Gasteiger partial charge in [0.05, 0.1) is 12.0 Å². The molecule has 2 aromatic carbocycles. The first-order valence-corrected chi connectivity index (χ1v) is 6.50. The molecule has 4 nitrogen and oxygen atoms in total. The summed E-state index contributed by atoms with van der Waals surface area (Å²) in [5, 5.41) is 18.1. The van der Waals surface area contributed by atoms with Gasteiger partial charge < -0.3 is 14.8 Å². The van der Waals surface area contributed by atoms with Crippen molar-refractivity contribution in [3.05, 3.63) is 59.4 Å². The Labute approximate surface area is 120 Å². The van der Waals surface area contributed by atoms with Crippen LogP contribution in [0.1, 0.15) is 28.4 Å². The molecule has 21 heavy (non-hydrogen) atoms. The van der Waals surface area contributed by atoms with Crippen LogP contribution in [0.15, 0.2) is 42.5 Å². The minimum Gasteiger partial charge on any atom is -0.484 e. The Kier molecular flexibility index (Phi) is 3.49. The fourth-order valence-corrected chi connectivity index (χ4v) is 2.36. The van der Waals surface area contributed by atoms with Crippen molar-refractivity contribution in [1.82, 2.24) is 0 Å². The summed E-state index contributed by atoms with van der Waals surface area (Å²) in [6.07, 6.45) is -0.336. The Morgan fingerprint density at radius 3 is 2.52 bits per heavy atom. The molecular formula is C15H12BFO4. The van der Waals surface area contributed by atoms with E-state index >= 15 is 0 Å². The Hall–Kier alpha value is -2.18. The van der Waals surface area contributed by atoms with Gasteiger partial charge in [-0.05, 0) is 29.2 Å². The molecule has 1 aliphatic rings. The minimum absolute atomic E-state index is 0.122. The second kappa shape index (κ2) is 5.31. The summed E-state index contributed by atoms with van der Waals surface area (Å²) in [6.45, 7) is 0. The molecule has 0 aliphatic carbocycles. The molecule has 106 valence electrons. The van der Waals surface area contributed by atoms with E-state index in [0.29, 0.717) is 11.2 Å². The lowest BCUT2D eigenvalue weighted by Gasteiger charge is -2.25. The lowest BCUT2D eigenvalue weighted by molar-refractivity contribution is 0.0849. The number of halogens is 1. The smallest absolute Gasteiger partial charge is 0.484 e. The molecular weight excluding hydrogens is 274 g/mol. The predicted octanol–water partition coefficient (Wildman–Crippen LogP) is 1.21. The lowest BCUT2D eigenvalue weighted by atomic mass is 9.79. The van der Waals surface area contributed by atoms with E-state index in [1.165, 1.54) is 18.2 Å². The van der Waals surface area contributed by atoms with Gasteiger partial charge in [0.1, 0.15) is 17.7 Å².